The minimum atomic E-state index is -0.946. The van der Waals surface area contributed by atoms with Gasteiger partial charge in [-0.25, -0.2) is 9.59 Å². The smallest absolute Gasteiger partial charge is 0.330 e. The summed E-state index contributed by atoms with van der Waals surface area (Å²) < 4.78 is 21.0. The summed E-state index contributed by atoms with van der Waals surface area (Å²) in [5.41, 5.74) is 3.90. The zero-order chi connectivity index (χ0) is 32.3. The van der Waals surface area contributed by atoms with Crippen LogP contribution in [0.1, 0.15) is 49.9 Å². The van der Waals surface area contributed by atoms with E-state index < -0.39 is 24.1 Å². The molecule has 44 heavy (non-hydrogen) atoms. The minimum absolute atomic E-state index is 0.00737. The standard InChI is InChI=1S/C36H42O8/c1-7-33(39)43-23-29(37)21-41-31-16-12-25(13-17-31)35(3,4)27-10-9-11-28(20-27)36(5,6)26-14-18-32(19-15-26)42-22-30(38)24-44-34(40)8-2/h7-20,29-30,37-38H,1-2,21-24H2,3-6H3. The van der Waals surface area contributed by atoms with Crippen molar-refractivity contribution in [1.29, 1.82) is 0 Å². The highest BCUT2D eigenvalue weighted by Crippen LogP contribution is 2.37. The molecule has 0 aromatic heterocycles. The third-order valence-corrected chi connectivity index (χ3v) is 7.51. The van der Waals surface area contributed by atoms with Gasteiger partial charge in [-0.1, -0.05) is 89.4 Å². The first-order valence-corrected chi connectivity index (χ1v) is 14.4. The highest BCUT2D eigenvalue weighted by molar-refractivity contribution is 5.81. The van der Waals surface area contributed by atoms with Crippen LogP contribution < -0.4 is 9.47 Å². The number of rotatable bonds is 16. The summed E-state index contributed by atoms with van der Waals surface area (Å²) >= 11 is 0. The van der Waals surface area contributed by atoms with Crippen LogP contribution in [-0.4, -0.2) is 60.8 Å². The summed E-state index contributed by atoms with van der Waals surface area (Å²) in [5.74, 6) is 0.0235. The topological polar surface area (TPSA) is 112 Å². The van der Waals surface area contributed by atoms with Gasteiger partial charge in [-0.3, -0.25) is 0 Å². The van der Waals surface area contributed by atoms with E-state index in [-0.39, 0.29) is 37.3 Å². The third-order valence-electron chi connectivity index (χ3n) is 7.51. The Morgan fingerprint density at radius 2 is 1.00 bits per heavy atom. The van der Waals surface area contributed by atoms with E-state index >= 15 is 0 Å². The van der Waals surface area contributed by atoms with E-state index in [1.54, 1.807) is 0 Å². The van der Waals surface area contributed by atoms with E-state index in [1.165, 1.54) is 0 Å². The molecule has 0 spiro atoms. The van der Waals surface area contributed by atoms with Crippen LogP contribution in [0.5, 0.6) is 11.5 Å². The Kier molecular flexibility index (Phi) is 11.9. The monoisotopic (exact) mass is 602 g/mol. The molecule has 2 atom stereocenters. The first-order valence-electron chi connectivity index (χ1n) is 14.4. The molecule has 3 rings (SSSR count). The van der Waals surface area contributed by atoms with Crippen molar-refractivity contribution in [3.8, 4) is 11.5 Å². The summed E-state index contributed by atoms with van der Waals surface area (Å²) in [6, 6.07) is 24.1. The van der Waals surface area contributed by atoms with Gasteiger partial charge in [0.25, 0.3) is 0 Å². The maximum absolute atomic E-state index is 11.2. The zero-order valence-corrected chi connectivity index (χ0v) is 25.8. The Labute approximate surface area is 259 Å². The van der Waals surface area contributed by atoms with E-state index in [9.17, 15) is 19.8 Å². The van der Waals surface area contributed by atoms with Crippen molar-refractivity contribution < 1.29 is 38.7 Å². The number of carbonyl (C=O) groups is 2. The lowest BCUT2D eigenvalue weighted by Crippen LogP contribution is -2.25. The van der Waals surface area contributed by atoms with Crippen molar-refractivity contribution >= 4 is 11.9 Å². The highest BCUT2D eigenvalue weighted by atomic mass is 16.6. The normalized spacial score (nSPS) is 12.9. The van der Waals surface area contributed by atoms with Crippen LogP contribution in [0, 0.1) is 0 Å². The second kappa shape index (κ2) is 15.4. The summed E-state index contributed by atoms with van der Waals surface area (Å²) in [4.78, 5) is 22.3. The number of ether oxygens (including phenoxy) is 4. The van der Waals surface area contributed by atoms with Gasteiger partial charge < -0.3 is 29.2 Å². The van der Waals surface area contributed by atoms with Gasteiger partial charge in [0.2, 0.25) is 0 Å². The van der Waals surface area contributed by atoms with Gasteiger partial charge in [-0.05, 0) is 46.5 Å². The number of hydrogen-bond donors (Lipinski definition) is 2. The molecule has 0 aliphatic carbocycles. The quantitative estimate of drug-likeness (QED) is 0.168. The first-order chi connectivity index (χ1) is 20.9. The van der Waals surface area contributed by atoms with Gasteiger partial charge in [-0.2, -0.15) is 0 Å². The molecule has 0 aliphatic heterocycles. The van der Waals surface area contributed by atoms with E-state index in [2.05, 4.69) is 65.1 Å². The second-order valence-corrected chi connectivity index (χ2v) is 11.5. The molecule has 0 heterocycles. The third kappa shape index (κ3) is 9.30. The average Bonchev–Trinajstić information content (AvgIpc) is 3.04. The molecule has 0 radical (unpaired) electrons. The molecule has 0 saturated carbocycles. The molecule has 234 valence electrons. The average molecular weight is 603 g/mol. The Bertz CT molecular complexity index is 1300. The van der Waals surface area contributed by atoms with Gasteiger partial charge in [0, 0.05) is 23.0 Å². The summed E-state index contributed by atoms with van der Waals surface area (Å²) in [5, 5.41) is 20.0. The Balaban J connectivity index is 1.65. The number of benzene rings is 3. The maximum atomic E-state index is 11.2. The molecule has 0 bridgehead atoms. The second-order valence-electron chi connectivity index (χ2n) is 11.5. The van der Waals surface area contributed by atoms with Crippen molar-refractivity contribution in [2.24, 2.45) is 0 Å². The SMILES string of the molecule is C=CC(=O)OCC(O)COc1ccc(C(C)(C)c2cccc(C(C)(C)c3ccc(OCC(O)COC(=O)C=C)cc3)c2)cc1. The van der Waals surface area contributed by atoms with E-state index in [1.807, 2.05) is 48.5 Å². The van der Waals surface area contributed by atoms with Gasteiger partial charge in [0.1, 0.15) is 50.1 Å². The van der Waals surface area contributed by atoms with E-state index in [4.69, 9.17) is 18.9 Å². The molecule has 8 nitrogen and oxygen atoms in total. The summed E-state index contributed by atoms with van der Waals surface area (Å²) in [6.45, 7) is 15.0. The van der Waals surface area contributed by atoms with Gasteiger partial charge in [-0.15, -0.1) is 0 Å². The number of aliphatic hydroxyl groups is 2. The van der Waals surface area contributed by atoms with Crippen LogP contribution >= 0.6 is 0 Å². The van der Waals surface area contributed by atoms with Crippen molar-refractivity contribution in [3.63, 3.8) is 0 Å². The fourth-order valence-electron chi connectivity index (χ4n) is 4.52. The highest BCUT2D eigenvalue weighted by Gasteiger charge is 2.28. The van der Waals surface area contributed by atoms with Crippen molar-refractivity contribution in [2.45, 2.75) is 50.7 Å². The number of carbonyl (C=O) groups excluding carboxylic acids is 2. The van der Waals surface area contributed by atoms with Crippen LogP contribution in [-0.2, 0) is 29.9 Å². The van der Waals surface area contributed by atoms with Crippen LogP contribution in [0.2, 0.25) is 0 Å². The molecule has 0 saturated heterocycles. The number of aliphatic hydroxyl groups excluding tert-OH is 2. The molecule has 3 aromatic rings. The Morgan fingerprint density at radius 3 is 1.34 bits per heavy atom. The van der Waals surface area contributed by atoms with Gasteiger partial charge >= 0.3 is 11.9 Å². The lowest BCUT2D eigenvalue weighted by molar-refractivity contribution is -0.142. The van der Waals surface area contributed by atoms with E-state index in [0.717, 1.165) is 34.4 Å². The fourth-order valence-corrected chi connectivity index (χ4v) is 4.52. The molecule has 8 heteroatoms. The predicted molar refractivity (Wildman–Crippen MR) is 169 cm³/mol. The van der Waals surface area contributed by atoms with Crippen molar-refractivity contribution in [3.05, 3.63) is 120 Å². The molecular weight excluding hydrogens is 560 g/mol. The molecule has 0 aliphatic rings. The summed E-state index contributed by atoms with van der Waals surface area (Å²) in [6.07, 6.45) is 0.199. The van der Waals surface area contributed by atoms with Crippen LogP contribution in [0.4, 0.5) is 0 Å². The molecule has 3 aromatic carbocycles. The Morgan fingerprint density at radius 1 is 0.636 bits per heavy atom. The fraction of sp³-hybridized carbons (Fsp3) is 0.333. The van der Waals surface area contributed by atoms with Crippen LogP contribution in [0.25, 0.3) is 0 Å². The number of esters is 2. The molecule has 2 N–H and O–H groups in total. The van der Waals surface area contributed by atoms with Crippen molar-refractivity contribution in [1.82, 2.24) is 0 Å². The van der Waals surface area contributed by atoms with Crippen molar-refractivity contribution in [2.75, 3.05) is 26.4 Å². The minimum Gasteiger partial charge on any atom is -0.491 e. The molecule has 2 unspecified atom stereocenters. The van der Waals surface area contributed by atoms with Gasteiger partial charge in [0.15, 0.2) is 0 Å². The molecule has 0 amide bonds. The van der Waals surface area contributed by atoms with Crippen LogP contribution in [0.3, 0.4) is 0 Å². The summed E-state index contributed by atoms with van der Waals surface area (Å²) in [7, 11) is 0. The Hall–Kier alpha value is -4.40. The predicted octanol–water partition coefficient (Wildman–Crippen LogP) is 5.28. The number of hydrogen-bond acceptors (Lipinski definition) is 8. The zero-order valence-electron chi connectivity index (χ0n) is 25.8. The first kappa shape index (κ1) is 34.1. The molecular formula is C36H42O8. The lowest BCUT2D eigenvalue weighted by Gasteiger charge is -2.31. The lowest BCUT2D eigenvalue weighted by atomic mass is 9.73. The van der Waals surface area contributed by atoms with Crippen LogP contribution in [0.15, 0.2) is 98.1 Å². The largest absolute Gasteiger partial charge is 0.491 e. The van der Waals surface area contributed by atoms with E-state index in [0.29, 0.717) is 11.5 Å². The molecule has 0 fully saturated rings. The van der Waals surface area contributed by atoms with Gasteiger partial charge in [0.05, 0.1) is 0 Å². The maximum Gasteiger partial charge on any atom is 0.330 e.